The Kier molecular flexibility index (Phi) is 2.56. The van der Waals surface area contributed by atoms with Crippen LogP contribution in [-0.2, 0) is 19.1 Å². The van der Waals surface area contributed by atoms with E-state index < -0.39 is 17.7 Å². The molecule has 3 rings (SSSR count). The molecule has 0 spiro atoms. The van der Waals surface area contributed by atoms with Gasteiger partial charge in [-0.25, -0.2) is 0 Å². The third-order valence-corrected chi connectivity index (χ3v) is 4.00. The fourth-order valence-corrected chi connectivity index (χ4v) is 3.02. The van der Waals surface area contributed by atoms with E-state index in [0.717, 1.165) is 6.42 Å². The summed E-state index contributed by atoms with van der Waals surface area (Å²) in [5.74, 6) is -1.55. The lowest BCUT2D eigenvalue weighted by molar-refractivity contribution is -0.267. The first-order chi connectivity index (χ1) is 7.78. The highest BCUT2D eigenvalue weighted by Crippen LogP contribution is 2.61. The van der Waals surface area contributed by atoms with E-state index in [2.05, 4.69) is 13.8 Å². The number of carbonyl (C=O) groups excluding carboxylic acids is 2. The summed E-state index contributed by atoms with van der Waals surface area (Å²) in [7, 11) is 0. The van der Waals surface area contributed by atoms with Gasteiger partial charge >= 0.3 is 11.9 Å². The van der Waals surface area contributed by atoms with Crippen LogP contribution in [0.1, 0.15) is 34.1 Å². The van der Waals surface area contributed by atoms with E-state index in [0.29, 0.717) is 5.92 Å². The number of allylic oxidation sites excluding steroid dienone is 1. The highest BCUT2D eigenvalue weighted by Gasteiger charge is 2.62. The van der Waals surface area contributed by atoms with Crippen molar-refractivity contribution >= 4 is 11.9 Å². The van der Waals surface area contributed by atoms with Gasteiger partial charge in [0.25, 0.3) is 5.79 Å². The number of fused-ring (bicyclic) bond motifs is 1. The standard InChI is InChI=1S/C13H18O4/c1-8(14)16-13(17-9(2)15)6-5-10-7-11(13)12(10,3)4/h5-6,10-11H,7H2,1-4H3/t10-,11+/m1/s1. The van der Waals surface area contributed by atoms with Crippen LogP contribution in [0.15, 0.2) is 12.2 Å². The predicted molar refractivity (Wildman–Crippen MR) is 60.8 cm³/mol. The van der Waals surface area contributed by atoms with Gasteiger partial charge in [0.15, 0.2) is 0 Å². The molecule has 1 fully saturated rings. The van der Waals surface area contributed by atoms with Gasteiger partial charge in [-0.1, -0.05) is 19.9 Å². The third-order valence-electron chi connectivity index (χ3n) is 4.00. The molecule has 4 heteroatoms. The van der Waals surface area contributed by atoms with Crippen LogP contribution in [0.5, 0.6) is 0 Å². The van der Waals surface area contributed by atoms with E-state index >= 15 is 0 Å². The maximum Gasteiger partial charge on any atom is 0.306 e. The van der Waals surface area contributed by atoms with Gasteiger partial charge in [-0.2, -0.15) is 0 Å². The van der Waals surface area contributed by atoms with Crippen molar-refractivity contribution in [2.45, 2.75) is 39.9 Å². The quantitative estimate of drug-likeness (QED) is 0.419. The lowest BCUT2D eigenvalue weighted by Gasteiger charge is -2.59. The molecule has 0 aliphatic heterocycles. The summed E-state index contributed by atoms with van der Waals surface area (Å²) in [6.07, 6.45) is 4.61. The largest absolute Gasteiger partial charge is 0.418 e. The molecule has 0 heterocycles. The average Bonchev–Trinajstić information content (AvgIpc) is 2.14. The molecule has 0 radical (unpaired) electrons. The normalized spacial score (nSPS) is 31.3. The number of carbonyl (C=O) groups is 2. The van der Waals surface area contributed by atoms with Gasteiger partial charge in [-0.3, -0.25) is 9.59 Å². The molecule has 0 aromatic heterocycles. The van der Waals surface area contributed by atoms with Crippen LogP contribution < -0.4 is 0 Å². The van der Waals surface area contributed by atoms with Crippen molar-refractivity contribution in [1.29, 1.82) is 0 Å². The minimum Gasteiger partial charge on any atom is -0.418 e. The van der Waals surface area contributed by atoms with Crippen LogP contribution in [0.2, 0.25) is 0 Å². The Morgan fingerprint density at radius 1 is 1.18 bits per heavy atom. The van der Waals surface area contributed by atoms with Gasteiger partial charge < -0.3 is 9.47 Å². The number of ether oxygens (including phenoxy) is 2. The van der Waals surface area contributed by atoms with E-state index in [1.54, 1.807) is 6.08 Å². The molecule has 94 valence electrons. The first-order valence-electron chi connectivity index (χ1n) is 5.86. The molecule has 0 N–H and O–H groups in total. The summed E-state index contributed by atoms with van der Waals surface area (Å²) in [5, 5.41) is 0. The van der Waals surface area contributed by atoms with E-state index in [4.69, 9.17) is 9.47 Å². The van der Waals surface area contributed by atoms with Crippen LogP contribution in [0.4, 0.5) is 0 Å². The fraction of sp³-hybridized carbons (Fsp3) is 0.692. The van der Waals surface area contributed by atoms with Crippen molar-refractivity contribution in [2.75, 3.05) is 0 Å². The Labute approximate surface area is 101 Å². The number of hydrogen-bond donors (Lipinski definition) is 0. The Morgan fingerprint density at radius 2 is 1.71 bits per heavy atom. The maximum absolute atomic E-state index is 11.2. The summed E-state index contributed by atoms with van der Waals surface area (Å²) < 4.78 is 10.6. The first-order valence-corrected chi connectivity index (χ1v) is 5.86. The second-order valence-electron chi connectivity index (χ2n) is 5.48. The molecule has 3 aliphatic rings. The molecule has 2 bridgehead atoms. The highest BCUT2D eigenvalue weighted by atomic mass is 16.7. The first kappa shape index (κ1) is 12.1. The zero-order chi connectivity index (χ0) is 12.8. The van der Waals surface area contributed by atoms with Crippen molar-refractivity contribution < 1.29 is 19.1 Å². The number of rotatable bonds is 2. The van der Waals surface area contributed by atoms with Crippen molar-refractivity contribution in [3.63, 3.8) is 0 Å². The fourth-order valence-electron chi connectivity index (χ4n) is 3.02. The smallest absolute Gasteiger partial charge is 0.306 e. The Hall–Kier alpha value is -1.32. The highest BCUT2D eigenvalue weighted by molar-refractivity contribution is 5.69. The second kappa shape index (κ2) is 3.59. The summed E-state index contributed by atoms with van der Waals surface area (Å²) >= 11 is 0. The maximum atomic E-state index is 11.2. The van der Waals surface area contributed by atoms with Crippen molar-refractivity contribution in [2.24, 2.45) is 17.3 Å². The summed E-state index contributed by atoms with van der Waals surface area (Å²) in [6.45, 7) is 6.88. The van der Waals surface area contributed by atoms with Gasteiger partial charge in [0.1, 0.15) is 0 Å². The van der Waals surface area contributed by atoms with Crippen molar-refractivity contribution in [1.82, 2.24) is 0 Å². The second-order valence-corrected chi connectivity index (χ2v) is 5.48. The van der Waals surface area contributed by atoms with Crippen LogP contribution in [0.25, 0.3) is 0 Å². The molecule has 4 nitrogen and oxygen atoms in total. The van der Waals surface area contributed by atoms with Crippen molar-refractivity contribution in [3.05, 3.63) is 12.2 Å². The van der Waals surface area contributed by atoms with Gasteiger partial charge in [0.2, 0.25) is 0 Å². The molecule has 1 saturated carbocycles. The van der Waals surface area contributed by atoms with Gasteiger partial charge in [-0.15, -0.1) is 0 Å². The lowest BCUT2D eigenvalue weighted by Crippen LogP contribution is -2.61. The summed E-state index contributed by atoms with van der Waals surface area (Å²) in [5.41, 5.74) is -0.000347. The number of hydrogen-bond acceptors (Lipinski definition) is 4. The molecular weight excluding hydrogens is 220 g/mol. The average molecular weight is 238 g/mol. The molecule has 0 aromatic rings. The Bertz CT molecular complexity index is 378. The third kappa shape index (κ3) is 1.75. The molecule has 2 atom stereocenters. The zero-order valence-corrected chi connectivity index (χ0v) is 10.6. The minimum absolute atomic E-state index is 0.000347. The van der Waals surface area contributed by atoms with E-state index in [9.17, 15) is 9.59 Å². The Morgan fingerprint density at radius 3 is 2.06 bits per heavy atom. The van der Waals surface area contributed by atoms with E-state index in [1.807, 2.05) is 6.08 Å². The SMILES string of the molecule is CC(=O)OC1(OC(C)=O)C=C[C@@H]2C[C@H]1C2(C)C. The molecule has 0 amide bonds. The molecule has 3 aliphatic carbocycles. The molecule has 17 heavy (non-hydrogen) atoms. The zero-order valence-electron chi connectivity index (χ0n) is 10.6. The van der Waals surface area contributed by atoms with Crippen LogP contribution >= 0.6 is 0 Å². The summed E-state index contributed by atoms with van der Waals surface area (Å²) in [4.78, 5) is 22.5. The molecule has 0 saturated heterocycles. The van der Waals surface area contributed by atoms with Crippen LogP contribution in [-0.4, -0.2) is 17.7 Å². The van der Waals surface area contributed by atoms with Gasteiger partial charge in [0.05, 0.1) is 0 Å². The van der Waals surface area contributed by atoms with Crippen molar-refractivity contribution in [3.8, 4) is 0 Å². The number of esters is 2. The monoisotopic (exact) mass is 238 g/mol. The Balaban J connectivity index is 2.34. The van der Waals surface area contributed by atoms with Gasteiger partial charge in [-0.05, 0) is 23.8 Å². The van der Waals surface area contributed by atoms with E-state index in [-0.39, 0.29) is 11.3 Å². The van der Waals surface area contributed by atoms with Crippen LogP contribution in [0.3, 0.4) is 0 Å². The predicted octanol–water partition coefficient (Wildman–Crippen LogP) is 2.04. The molecule has 0 unspecified atom stereocenters. The lowest BCUT2D eigenvalue weighted by atomic mass is 9.49. The topological polar surface area (TPSA) is 52.6 Å². The van der Waals surface area contributed by atoms with Crippen LogP contribution in [0, 0.1) is 17.3 Å². The molecule has 0 aromatic carbocycles. The van der Waals surface area contributed by atoms with E-state index in [1.165, 1.54) is 13.8 Å². The minimum atomic E-state index is -1.20. The summed E-state index contributed by atoms with van der Waals surface area (Å²) in [6, 6.07) is 0. The molecular formula is C13H18O4. The van der Waals surface area contributed by atoms with Gasteiger partial charge in [0, 0.05) is 19.8 Å².